The van der Waals surface area contributed by atoms with E-state index in [1.807, 2.05) is 0 Å². The average molecular weight is 307 g/mol. The molecule has 1 aliphatic rings. The highest BCUT2D eigenvalue weighted by atomic mass is 32.2. The maximum Gasteiger partial charge on any atom is 0.329 e. The van der Waals surface area contributed by atoms with E-state index in [0.29, 0.717) is 0 Å². The lowest BCUT2D eigenvalue weighted by Crippen LogP contribution is -2.57. The van der Waals surface area contributed by atoms with Crippen molar-refractivity contribution in [1.82, 2.24) is 14.9 Å². The summed E-state index contributed by atoms with van der Waals surface area (Å²) in [7, 11) is -0.570. The predicted octanol–water partition coefficient (Wildman–Crippen LogP) is -0.570. The Morgan fingerprint density at radius 3 is 2.30 bits per heavy atom. The number of hydrogen-bond donors (Lipinski definition) is 3. The largest absolute Gasteiger partial charge is 0.480 e. The quantitative estimate of drug-likeness (QED) is 0.582. The van der Waals surface area contributed by atoms with Gasteiger partial charge in [-0.05, 0) is 25.7 Å². The normalized spacial score (nSPS) is 18.4. The summed E-state index contributed by atoms with van der Waals surface area (Å²) in [5, 5.41) is 14.0. The lowest BCUT2D eigenvalue weighted by atomic mass is 9.96. The molecule has 0 saturated heterocycles. The predicted molar refractivity (Wildman–Crippen MR) is 72.8 cm³/mol. The molecule has 1 aliphatic carbocycles. The molecule has 0 aromatic rings. The number of rotatable bonds is 7. The Balaban J connectivity index is 2.46. The van der Waals surface area contributed by atoms with Crippen LogP contribution in [0.5, 0.6) is 0 Å². The fourth-order valence-electron chi connectivity index (χ4n) is 1.75. The Hall–Kier alpha value is -1.35. The van der Waals surface area contributed by atoms with Crippen LogP contribution in [0.1, 0.15) is 19.8 Å². The van der Waals surface area contributed by atoms with Gasteiger partial charge in [0.05, 0.1) is 5.75 Å². The first-order valence-electron chi connectivity index (χ1n) is 6.29. The van der Waals surface area contributed by atoms with Gasteiger partial charge in [0.15, 0.2) is 0 Å². The average Bonchev–Trinajstić information content (AvgIpc) is 3.11. The number of carboxylic acids is 1. The van der Waals surface area contributed by atoms with Gasteiger partial charge in [0.2, 0.25) is 10.0 Å². The van der Waals surface area contributed by atoms with Crippen LogP contribution in [0.25, 0.3) is 0 Å². The zero-order chi connectivity index (χ0) is 15.6. The van der Waals surface area contributed by atoms with Crippen LogP contribution >= 0.6 is 0 Å². The Morgan fingerprint density at radius 2 is 1.90 bits per heavy atom. The maximum atomic E-state index is 11.7. The van der Waals surface area contributed by atoms with E-state index in [0.717, 1.165) is 17.1 Å². The monoisotopic (exact) mass is 307 g/mol. The van der Waals surface area contributed by atoms with Crippen LogP contribution in [0.15, 0.2) is 0 Å². The summed E-state index contributed by atoms with van der Waals surface area (Å²) in [4.78, 5) is 22.9. The Kier molecular flexibility index (Phi) is 4.98. The highest BCUT2D eigenvalue weighted by molar-refractivity contribution is 7.89. The van der Waals surface area contributed by atoms with Crippen LogP contribution in [-0.4, -0.2) is 61.8 Å². The van der Waals surface area contributed by atoms with Crippen LogP contribution in [0.3, 0.4) is 0 Å². The molecule has 0 heterocycles. The minimum atomic E-state index is -3.38. The Morgan fingerprint density at radius 1 is 1.35 bits per heavy atom. The lowest BCUT2D eigenvalue weighted by molar-refractivity contribution is -0.144. The van der Waals surface area contributed by atoms with E-state index in [1.165, 1.54) is 21.0 Å². The number of amides is 2. The highest BCUT2D eigenvalue weighted by Crippen LogP contribution is 2.39. The standard InChI is InChI=1S/C11H21N3O5S/c1-11(9(15)16,8-4-5-8)13-10(17)12-6-7-20(18,19)14(2)3/h8H,4-7H2,1-3H3,(H,15,16)(H2,12,13,17). The minimum absolute atomic E-state index is 0.0729. The molecule has 20 heavy (non-hydrogen) atoms. The smallest absolute Gasteiger partial charge is 0.329 e. The van der Waals surface area contributed by atoms with E-state index in [9.17, 15) is 23.1 Å². The second-order valence-corrected chi connectivity index (χ2v) is 7.56. The Labute approximate surface area is 118 Å². The molecule has 1 saturated carbocycles. The molecule has 0 aliphatic heterocycles. The molecule has 1 rings (SSSR count). The molecule has 0 radical (unpaired) electrons. The summed E-state index contributed by atoms with van der Waals surface area (Å²) in [6.07, 6.45) is 1.52. The van der Waals surface area contributed by atoms with Crippen LogP contribution < -0.4 is 10.6 Å². The topological polar surface area (TPSA) is 116 Å². The molecule has 0 aromatic heterocycles. The van der Waals surface area contributed by atoms with Crippen molar-refractivity contribution in [2.45, 2.75) is 25.3 Å². The molecule has 2 amide bonds. The van der Waals surface area contributed by atoms with Gasteiger partial charge in [0.1, 0.15) is 5.54 Å². The van der Waals surface area contributed by atoms with Crippen LogP contribution in [-0.2, 0) is 14.8 Å². The third kappa shape index (κ3) is 4.07. The van der Waals surface area contributed by atoms with Crippen molar-refractivity contribution in [3.05, 3.63) is 0 Å². The zero-order valence-electron chi connectivity index (χ0n) is 11.8. The maximum absolute atomic E-state index is 11.7. The lowest BCUT2D eigenvalue weighted by Gasteiger charge is -2.26. The van der Waals surface area contributed by atoms with Crippen molar-refractivity contribution in [2.24, 2.45) is 5.92 Å². The fraction of sp³-hybridized carbons (Fsp3) is 0.818. The van der Waals surface area contributed by atoms with Crippen LogP contribution in [0.4, 0.5) is 4.79 Å². The summed E-state index contributed by atoms with van der Waals surface area (Å²) >= 11 is 0. The van der Waals surface area contributed by atoms with E-state index >= 15 is 0 Å². The third-order valence-electron chi connectivity index (χ3n) is 3.41. The molecule has 0 aromatic carbocycles. The summed E-state index contributed by atoms with van der Waals surface area (Å²) < 4.78 is 24.0. The first-order chi connectivity index (χ1) is 9.09. The number of aliphatic carboxylic acids is 1. The fourth-order valence-corrected chi connectivity index (χ4v) is 2.47. The molecule has 8 nitrogen and oxygen atoms in total. The molecule has 1 fully saturated rings. The first kappa shape index (κ1) is 16.7. The first-order valence-corrected chi connectivity index (χ1v) is 7.90. The van der Waals surface area contributed by atoms with Crippen molar-refractivity contribution in [2.75, 3.05) is 26.4 Å². The van der Waals surface area contributed by atoms with Gasteiger partial charge in [0, 0.05) is 20.6 Å². The number of hydrogen-bond acceptors (Lipinski definition) is 4. The summed E-state index contributed by atoms with van der Waals surface area (Å²) in [6, 6.07) is -0.671. The number of nitrogens with one attached hydrogen (secondary N) is 2. The SMILES string of the molecule is CN(C)S(=O)(=O)CCNC(=O)NC(C)(C(=O)O)C1CC1. The van der Waals surface area contributed by atoms with Crippen molar-refractivity contribution >= 4 is 22.0 Å². The summed E-state index contributed by atoms with van der Waals surface area (Å²) in [5.74, 6) is -1.40. The molecule has 1 unspecified atom stereocenters. The molecule has 9 heteroatoms. The molecule has 1 atom stereocenters. The molecule has 0 spiro atoms. The number of carboxylic acid groups (broad SMARTS) is 1. The minimum Gasteiger partial charge on any atom is -0.480 e. The number of carbonyl (C=O) groups is 2. The van der Waals surface area contributed by atoms with E-state index in [2.05, 4.69) is 10.6 Å². The second kappa shape index (κ2) is 5.96. The van der Waals surface area contributed by atoms with Gasteiger partial charge in [-0.3, -0.25) is 0 Å². The van der Waals surface area contributed by atoms with Crippen LogP contribution in [0, 0.1) is 5.92 Å². The van der Waals surface area contributed by atoms with Gasteiger partial charge >= 0.3 is 12.0 Å². The van der Waals surface area contributed by atoms with E-state index in [4.69, 9.17) is 0 Å². The van der Waals surface area contributed by atoms with Gasteiger partial charge in [0.25, 0.3) is 0 Å². The molecule has 116 valence electrons. The van der Waals surface area contributed by atoms with Crippen molar-refractivity contribution in [1.29, 1.82) is 0 Å². The van der Waals surface area contributed by atoms with Gasteiger partial charge < -0.3 is 15.7 Å². The molecule has 0 bridgehead atoms. The van der Waals surface area contributed by atoms with Gasteiger partial charge in [-0.25, -0.2) is 22.3 Å². The van der Waals surface area contributed by atoms with E-state index in [1.54, 1.807) is 0 Å². The highest BCUT2D eigenvalue weighted by Gasteiger charge is 2.48. The zero-order valence-corrected chi connectivity index (χ0v) is 12.7. The van der Waals surface area contributed by atoms with E-state index in [-0.39, 0.29) is 18.2 Å². The summed E-state index contributed by atoms with van der Waals surface area (Å²) in [5.41, 5.74) is -1.30. The molecule has 3 N–H and O–H groups in total. The van der Waals surface area contributed by atoms with Gasteiger partial charge in [-0.1, -0.05) is 0 Å². The Bertz CT molecular complexity index is 486. The number of urea groups is 1. The number of sulfonamides is 1. The molecular formula is C11H21N3O5S. The van der Waals surface area contributed by atoms with Gasteiger partial charge in [-0.2, -0.15) is 0 Å². The van der Waals surface area contributed by atoms with Gasteiger partial charge in [-0.15, -0.1) is 0 Å². The summed E-state index contributed by atoms with van der Waals surface area (Å²) in [6.45, 7) is 1.38. The van der Waals surface area contributed by atoms with Crippen molar-refractivity contribution < 1.29 is 23.1 Å². The number of carbonyl (C=O) groups excluding carboxylic acids is 1. The van der Waals surface area contributed by atoms with E-state index < -0.39 is 27.6 Å². The second-order valence-electron chi connectivity index (χ2n) is 5.26. The third-order valence-corrected chi connectivity index (χ3v) is 5.25. The van der Waals surface area contributed by atoms with Crippen molar-refractivity contribution in [3.63, 3.8) is 0 Å². The van der Waals surface area contributed by atoms with Crippen molar-refractivity contribution in [3.8, 4) is 0 Å². The van der Waals surface area contributed by atoms with Crippen LogP contribution in [0.2, 0.25) is 0 Å². The number of nitrogens with zero attached hydrogens (tertiary/aromatic N) is 1. The molecular weight excluding hydrogens is 286 g/mol.